The van der Waals surface area contributed by atoms with Crippen molar-refractivity contribution in [3.05, 3.63) is 46.8 Å². The van der Waals surface area contributed by atoms with E-state index in [1.54, 1.807) is 5.57 Å². The highest BCUT2D eigenvalue weighted by Crippen LogP contribution is 2.46. The fourth-order valence-electron chi connectivity index (χ4n) is 6.14. The van der Waals surface area contributed by atoms with Crippen LogP contribution >= 0.6 is 0 Å². The molecule has 0 aliphatic heterocycles. The minimum atomic E-state index is 0.0342. The van der Waals surface area contributed by atoms with Crippen molar-refractivity contribution in [2.45, 2.75) is 135 Å². The number of unbranched alkanes of at least 4 members (excludes halogenated alkanes) is 2. The molecule has 0 heterocycles. The van der Waals surface area contributed by atoms with Gasteiger partial charge < -0.3 is 0 Å². The van der Waals surface area contributed by atoms with Crippen molar-refractivity contribution in [3.8, 4) is 0 Å². The van der Waals surface area contributed by atoms with E-state index in [1.807, 2.05) is 6.07 Å². The molecule has 3 rings (SSSR count). The summed E-state index contributed by atoms with van der Waals surface area (Å²) in [4.78, 5) is 0. The van der Waals surface area contributed by atoms with Crippen LogP contribution < -0.4 is 0 Å². The van der Waals surface area contributed by atoms with E-state index in [0.717, 1.165) is 31.2 Å². The van der Waals surface area contributed by atoms with Crippen LogP contribution in [0.2, 0.25) is 0 Å². The number of hydrogen-bond donors (Lipinski definition) is 0. The summed E-state index contributed by atoms with van der Waals surface area (Å²) in [6.45, 7) is 4.51. The molecule has 31 heavy (non-hydrogen) atoms. The molecule has 1 saturated carbocycles. The van der Waals surface area contributed by atoms with E-state index in [9.17, 15) is 4.39 Å². The molecular weight excluding hydrogens is 379 g/mol. The predicted molar refractivity (Wildman–Crippen MR) is 133 cm³/mol. The molecule has 0 radical (unpaired) electrons. The van der Waals surface area contributed by atoms with E-state index in [-0.39, 0.29) is 5.82 Å². The van der Waals surface area contributed by atoms with E-state index in [0.29, 0.717) is 11.3 Å². The Morgan fingerprint density at radius 3 is 2.42 bits per heavy atom. The smallest absolute Gasteiger partial charge is 0.126 e. The monoisotopic (exact) mass is 426 g/mol. The number of aryl methyl sites for hydroxylation is 1. The molecule has 0 N–H and O–H groups in total. The van der Waals surface area contributed by atoms with Gasteiger partial charge in [-0.05, 0) is 106 Å². The van der Waals surface area contributed by atoms with Gasteiger partial charge in [-0.25, -0.2) is 4.39 Å². The fraction of sp³-hybridized carbons (Fsp3) is 0.733. The van der Waals surface area contributed by atoms with Gasteiger partial charge in [0.15, 0.2) is 0 Å². The Bertz CT molecular complexity index is 680. The summed E-state index contributed by atoms with van der Waals surface area (Å²) in [6.07, 6.45) is 25.7. The summed E-state index contributed by atoms with van der Waals surface area (Å²) in [5.41, 5.74) is 4.36. The Morgan fingerprint density at radius 1 is 0.935 bits per heavy atom. The molecule has 1 fully saturated rings. The second-order valence-electron chi connectivity index (χ2n) is 10.7. The number of allylic oxidation sites excluding steroid dienone is 2. The number of benzene rings is 1. The molecule has 1 aromatic carbocycles. The third-order valence-corrected chi connectivity index (χ3v) is 8.24. The summed E-state index contributed by atoms with van der Waals surface area (Å²) >= 11 is 0. The van der Waals surface area contributed by atoms with Crippen LogP contribution in [0.15, 0.2) is 29.8 Å². The zero-order chi connectivity index (χ0) is 21.9. The van der Waals surface area contributed by atoms with Crippen LogP contribution in [0.5, 0.6) is 0 Å². The Hall–Kier alpha value is -1.11. The third-order valence-electron chi connectivity index (χ3n) is 8.24. The van der Waals surface area contributed by atoms with Crippen LogP contribution in [0.1, 0.15) is 140 Å². The van der Waals surface area contributed by atoms with Crippen LogP contribution in [0.25, 0.3) is 0 Å². The summed E-state index contributed by atoms with van der Waals surface area (Å²) in [7, 11) is 0. The maximum atomic E-state index is 14.9. The summed E-state index contributed by atoms with van der Waals surface area (Å²) in [5.74, 6) is 0.520. The van der Waals surface area contributed by atoms with Crippen molar-refractivity contribution < 1.29 is 4.39 Å². The SMILES string of the molecule is CCCCc1ccc(C(CCC2(CCCC)CCCCC2)CC2=CCCCC2)cc1F. The lowest BCUT2D eigenvalue weighted by Crippen LogP contribution is -2.25. The second kappa shape index (κ2) is 12.8. The summed E-state index contributed by atoms with van der Waals surface area (Å²) in [6, 6.07) is 6.26. The molecule has 0 spiro atoms. The average Bonchev–Trinajstić information content (AvgIpc) is 2.81. The first kappa shape index (κ1) is 24.5. The molecule has 1 unspecified atom stereocenters. The van der Waals surface area contributed by atoms with Gasteiger partial charge in [0.2, 0.25) is 0 Å². The van der Waals surface area contributed by atoms with Crippen molar-refractivity contribution in [3.63, 3.8) is 0 Å². The van der Waals surface area contributed by atoms with Crippen molar-refractivity contribution >= 4 is 0 Å². The van der Waals surface area contributed by atoms with Crippen LogP contribution in [-0.4, -0.2) is 0 Å². The Morgan fingerprint density at radius 2 is 1.74 bits per heavy atom. The molecule has 0 amide bonds. The molecule has 1 atom stereocenters. The van der Waals surface area contributed by atoms with Gasteiger partial charge in [-0.15, -0.1) is 0 Å². The minimum Gasteiger partial charge on any atom is -0.207 e. The van der Waals surface area contributed by atoms with Crippen molar-refractivity contribution in [1.82, 2.24) is 0 Å². The van der Waals surface area contributed by atoms with Gasteiger partial charge in [0.05, 0.1) is 0 Å². The molecule has 1 heteroatoms. The van der Waals surface area contributed by atoms with Gasteiger partial charge in [0.1, 0.15) is 5.82 Å². The van der Waals surface area contributed by atoms with Gasteiger partial charge in [0.25, 0.3) is 0 Å². The van der Waals surface area contributed by atoms with Crippen LogP contribution in [0, 0.1) is 11.2 Å². The van der Waals surface area contributed by atoms with Gasteiger partial charge in [-0.1, -0.05) is 76.2 Å². The highest BCUT2D eigenvalue weighted by Gasteiger charge is 2.32. The summed E-state index contributed by atoms with van der Waals surface area (Å²) < 4.78 is 14.9. The topological polar surface area (TPSA) is 0 Å². The molecule has 0 saturated heterocycles. The van der Waals surface area contributed by atoms with Gasteiger partial charge in [0, 0.05) is 0 Å². The Balaban J connectivity index is 1.75. The van der Waals surface area contributed by atoms with Gasteiger partial charge >= 0.3 is 0 Å². The normalized spacial score (nSPS) is 19.8. The van der Waals surface area contributed by atoms with Crippen molar-refractivity contribution in [2.24, 2.45) is 5.41 Å². The van der Waals surface area contributed by atoms with Gasteiger partial charge in [-0.2, -0.15) is 0 Å². The van der Waals surface area contributed by atoms with E-state index in [1.165, 1.54) is 95.5 Å². The zero-order valence-corrected chi connectivity index (χ0v) is 20.5. The van der Waals surface area contributed by atoms with Gasteiger partial charge in [-0.3, -0.25) is 0 Å². The first-order chi connectivity index (χ1) is 15.2. The predicted octanol–water partition coefficient (Wildman–Crippen LogP) is 10.1. The molecule has 0 bridgehead atoms. The third kappa shape index (κ3) is 7.47. The first-order valence-corrected chi connectivity index (χ1v) is 13.6. The number of hydrogen-bond acceptors (Lipinski definition) is 0. The quantitative estimate of drug-likeness (QED) is 0.292. The van der Waals surface area contributed by atoms with Crippen LogP contribution in [0.4, 0.5) is 4.39 Å². The van der Waals surface area contributed by atoms with E-state index >= 15 is 0 Å². The van der Waals surface area contributed by atoms with Crippen LogP contribution in [-0.2, 0) is 6.42 Å². The molecule has 2 aliphatic rings. The van der Waals surface area contributed by atoms with Crippen LogP contribution in [0.3, 0.4) is 0 Å². The lowest BCUT2D eigenvalue weighted by molar-refractivity contribution is 0.145. The van der Waals surface area contributed by atoms with Crippen molar-refractivity contribution in [2.75, 3.05) is 0 Å². The average molecular weight is 427 g/mol. The molecule has 1 aromatic rings. The fourth-order valence-corrected chi connectivity index (χ4v) is 6.14. The maximum Gasteiger partial charge on any atom is 0.126 e. The largest absolute Gasteiger partial charge is 0.207 e. The van der Waals surface area contributed by atoms with E-state index in [4.69, 9.17) is 0 Å². The molecular formula is C30H47F. The highest BCUT2D eigenvalue weighted by molar-refractivity contribution is 5.29. The minimum absolute atomic E-state index is 0.0342. The maximum absolute atomic E-state index is 14.9. The standard InChI is InChI=1S/C30H47F/c1-3-5-15-26-16-17-27(24-29(26)31)28(23-25-13-9-7-10-14-25)18-22-30(19-6-4-2)20-11-8-12-21-30/h13,16-17,24,28H,3-12,14-15,18-23H2,1-2H3. The Kier molecular flexibility index (Phi) is 10.1. The lowest BCUT2D eigenvalue weighted by atomic mass is 9.67. The number of rotatable bonds is 12. The molecule has 0 nitrogen and oxygen atoms in total. The molecule has 0 aromatic heterocycles. The highest BCUT2D eigenvalue weighted by atomic mass is 19.1. The first-order valence-electron chi connectivity index (χ1n) is 13.6. The second-order valence-corrected chi connectivity index (χ2v) is 10.7. The zero-order valence-electron chi connectivity index (χ0n) is 20.5. The van der Waals surface area contributed by atoms with Crippen molar-refractivity contribution in [1.29, 1.82) is 0 Å². The Labute approximate surface area is 192 Å². The summed E-state index contributed by atoms with van der Waals surface area (Å²) in [5, 5.41) is 0. The number of halogens is 1. The van der Waals surface area contributed by atoms with E-state index in [2.05, 4.69) is 32.1 Å². The molecule has 174 valence electrons. The molecule has 2 aliphatic carbocycles. The lowest BCUT2D eigenvalue weighted by Gasteiger charge is -2.39. The van der Waals surface area contributed by atoms with E-state index < -0.39 is 0 Å².